The standard InChI is InChI=1S/C27H37N3O5/c1-16-10-11-20-21(29(16)27(34)35-2)12-13-22-24(20)28-25(23(31)14-17-6-3-4-7-17)30(22)19-9-5-8-18(15-19)26(32)33/h12-13,16-19,23,31H,3-11,14-15H2,1-2H3,(H,32,33)/t16-,18?,19?,23?/m0/s1. The SMILES string of the molecule is COC(=O)N1c2ccc3c(nc(C(O)CC4CCCC4)n3C3CCCC(C(=O)O)C3)c2CC[C@@H]1C. The lowest BCUT2D eigenvalue weighted by atomic mass is 9.85. The number of fused-ring (bicyclic) bond motifs is 3. The zero-order chi connectivity index (χ0) is 24.7. The second kappa shape index (κ2) is 9.80. The monoisotopic (exact) mass is 483 g/mol. The molecule has 0 radical (unpaired) electrons. The number of nitrogens with zero attached hydrogens (tertiary/aromatic N) is 3. The maximum absolute atomic E-state index is 12.6. The third kappa shape index (κ3) is 4.41. The largest absolute Gasteiger partial charge is 0.481 e. The summed E-state index contributed by atoms with van der Waals surface area (Å²) in [6.45, 7) is 2.02. The number of rotatable bonds is 5. The number of aliphatic hydroxyl groups excluding tert-OH is 1. The number of benzene rings is 1. The summed E-state index contributed by atoms with van der Waals surface area (Å²) in [5, 5.41) is 21.1. The third-order valence-electron chi connectivity index (χ3n) is 8.54. The van der Waals surface area contributed by atoms with Crippen LogP contribution >= 0.6 is 0 Å². The van der Waals surface area contributed by atoms with Gasteiger partial charge in [0, 0.05) is 17.6 Å². The van der Waals surface area contributed by atoms with Crippen LogP contribution in [0.15, 0.2) is 12.1 Å². The minimum absolute atomic E-state index is 0.0136. The molecule has 1 amide bonds. The number of hydrogen-bond donors (Lipinski definition) is 2. The molecule has 2 aromatic rings. The van der Waals surface area contributed by atoms with E-state index in [0.29, 0.717) is 31.0 Å². The fourth-order valence-electron chi connectivity index (χ4n) is 6.70. The zero-order valence-corrected chi connectivity index (χ0v) is 20.8. The first-order valence-electron chi connectivity index (χ1n) is 13.2. The summed E-state index contributed by atoms with van der Waals surface area (Å²) >= 11 is 0. The highest BCUT2D eigenvalue weighted by Crippen LogP contribution is 2.42. The van der Waals surface area contributed by atoms with E-state index in [1.807, 2.05) is 19.1 Å². The number of aliphatic carboxylic acids is 1. The first-order chi connectivity index (χ1) is 16.9. The van der Waals surface area contributed by atoms with Crippen molar-refractivity contribution in [1.29, 1.82) is 0 Å². The molecule has 190 valence electrons. The Morgan fingerprint density at radius 2 is 1.91 bits per heavy atom. The van der Waals surface area contributed by atoms with Gasteiger partial charge in [-0.2, -0.15) is 0 Å². The molecule has 0 spiro atoms. The molecule has 2 saturated carbocycles. The average Bonchev–Trinajstić information content (AvgIpc) is 3.51. The maximum atomic E-state index is 12.6. The smallest absolute Gasteiger partial charge is 0.414 e. The van der Waals surface area contributed by atoms with E-state index in [9.17, 15) is 19.8 Å². The summed E-state index contributed by atoms with van der Waals surface area (Å²) in [5.74, 6) is 0.0344. The number of carboxylic acids is 1. The fourth-order valence-corrected chi connectivity index (χ4v) is 6.70. The third-order valence-corrected chi connectivity index (χ3v) is 8.54. The van der Waals surface area contributed by atoms with Crippen LogP contribution in [0.4, 0.5) is 10.5 Å². The number of aromatic nitrogens is 2. The molecule has 35 heavy (non-hydrogen) atoms. The van der Waals surface area contributed by atoms with Crippen LogP contribution in [0.5, 0.6) is 0 Å². The summed E-state index contributed by atoms with van der Waals surface area (Å²) in [5.41, 5.74) is 3.57. The van der Waals surface area contributed by atoms with Crippen molar-refractivity contribution in [3.05, 3.63) is 23.5 Å². The van der Waals surface area contributed by atoms with Crippen LogP contribution in [0, 0.1) is 11.8 Å². The maximum Gasteiger partial charge on any atom is 0.414 e. The molecule has 2 N–H and O–H groups in total. The van der Waals surface area contributed by atoms with Crippen molar-refractivity contribution in [1.82, 2.24) is 9.55 Å². The molecular weight excluding hydrogens is 446 g/mol. The van der Waals surface area contributed by atoms with Crippen molar-refractivity contribution in [2.24, 2.45) is 11.8 Å². The van der Waals surface area contributed by atoms with Crippen molar-refractivity contribution >= 4 is 28.8 Å². The molecule has 4 atom stereocenters. The van der Waals surface area contributed by atoms with E-state index in [1.54, 1.807) is 4.90 Å². The van der Waals surface area contributed by atoms with Crippen LogP contribution in [-0.2, 0) is 16.0 Å². The zero-order valence-electron chi connectivity index (χ0n) is 20.8. The van der Waals surface area contributed by atoms with Crippen molar-refractivity contribution < 1.29 is 24.5 Å². The average molecular weight is 484 g/mol. The normalized spacial score (nSPS) is 26.0. The Morgan fingerprint density at radius 1 is 1.14 bits per heavy atom. The molecule has 0 bridgehead atoms. The Bertz CT molecular complexity index is 1110. The molecule has 8 heteroatoms. The van der Waals surface area contributed by atoms with Gasteiger partial charge in [0.2, 0.25) is 0 Å². The van der Waals surface area contributed by atoms with Crippen molar-refractivity contribution in [3.63, 3.8) is 0 Å². The molecule has 3 unspecified atom stereocenters. The predicted molar refractivity (Wildman–Crippen MR) is 133 cm³/mol. The number of amides is 1. The lowest BCUT2D eigenvalue weighted by Crippen LogP contribution is -2.42. The van der Waals surface area contributed by atoms with Gasteiger partial charge in [-0.15, -0.1) is 0 Å². The summed E-state index contributed by atoms with van der Waals surface area (Å²) in [4.78, 5) is 31.1. The molecule has 1 aliphatic heterocycles. The summed E-state index contributed by atoms with van der Waals surface area (Å²) in [6.07, 6.45) is 8.89. The second-order valence-corrected chi connectivity index (χ2v) is 10.8. The van der Waals surface area contributed by atoms with Crippen molar-refractivity contribution in [2.45, 2.75) is 95.7 Å². The van der Waals surface area contributed by atoms with Gasteiger partial charge >= 0.3 is 12.1 Å². The number of methoxy groups -OCH3 is 1. The number of aryl methyl sites for hydroxylation is 1. The molecule has 1 aromatic heterocycles. The number of aliphatic hydroxyl groups is 1. The highest BCUT2D eigenvalue weighted by Gasteiger charge is 2.35. The first kappa shape index (κ1) is 24.1. The van der Waals surface area contributed by atoms with E-state index in [4.69, 9.17) is 9.72 Å². The topological polar surface area (TPSA) is 105 Å². The van der Waals surface area contributed by atoms with Gasteiger partial charge in [-0.3, -0.25) is 9.69 Å². The van der Waals surface area contributed by atoms with Gasteiger partial charge < -0.3 is 19.5 Å². The number of hydrogen-bond acceptors (Lipinski definition) is 5. The molecule has 3 aliphatic rings. The van der Waals surface area contributed by atoms with Crippen molar-refractivity contribution in [2.75, 3.05) is 12.0 Å². The van der Waals surface area contributed by atoms with Gasteiger partial charge in [-0.25, -0.2) is 9.78 Å². The minimum Gasteiger partial charge on any atom is -0.481 e. The number of anilines is 1. The van der Waals surface area contributed by atoms with Gasteiger partial charge in [0.1, 0.15) is 11.9 Å². The summed E-state index contributed by atoms with van der Waals surface area (Å²) in [6, 6.07) is 3.97. The number of carbonyl (C=O) groups is 2. The minimum atomic E-state index is -0.743. The van der Waals surface area contributed by atoms with E-state index >= 15 is 0 Å². The van der Waals surface area contributed by atoms with E-state index in [-0.39, 0.29) is 24.1 Å². The van der Waals surface area contributed by atoms with Crippen LogP contribution in [0.3, 0.4) is 0 Å². The first-order valence-corrected chi connectivity index (χ1v) is 13.2. The summed E-state index contributed by atoms with van der Waals surface area (Å²) in [7, 11) is 1.40. The lowest BCUT2D eigenvalue weighted by molar-refractivity contribution is -0.143. The Kier molecular flexibility index (Phi) is 6.75. The van der Waals surface area contributed by atoms with Gasteiger partial charge in [0.05, 0.1) is 29.7 Å². The number of carboxylic acid groups (broad SMARTS) is 1. The van der Waals surface area contributed by atoms with Crippen LogP contribution in [0.2, 0.25) is 0 Å². The van der Waals surface area contributed by atoms with Gasteiger partial charge in [-0.1, -0.05) is 32.1 Å². The number of carbonyl (C=O) groups excluding carboxylic acids is 1. The predicted octanol–water partition coefficient (Wildman–Crippen LogP) is 5.37. The van der Waals surface area contributed by atoms with Crippen LogP contribution in [0.25, 0.3) is 11.0 Å². The quantitative estimate of drug-likeness (QED) is 0.592. The molecule has 8 nitrogen and oxygen atoms in total. The molecule has 2 heterocycles. The van der Waals surface area contributed by atoms with E-state index < -0.39 is 12.1 Å². The van der Waals surface area contributed by atoms with E-state index in [2.05, 4.69) is 4.57 Å². The van der Waals surface area contributed by atoms with Gasteiger partial charge in [-0.05, 0) is 63.5 Å². The second-order valence-electron chi connectivity index (χ2n) is 10.8. The Labute approximate surface area is 206 Å². The van der Waals surface area contributed by atoms with Gasteiger partial charge in [0.25, 0.3) is 0 Å². The number of ether oxygens (including phenoxy) is 1. The van der Waals surface area contributed by atoms with Crippen LogP contribution in [-0.4, -0.2) is 45.0 Å². The molecule has 1 aromatic carbocycles. The number of imidazole rings is 1. The Balaban J connectivity index is 1.61. The summed E-state index contributed by atoms with van der Waals surface area (Å²) < 4.78 is 7.21. The molecule has 2 fully saturated rings. The van der Waals surface area contributed by atoms with Crippen LogP contribution in [0.1, 0.15) is 94.7 Å². The van der Waals surface area contributed by atoms with Crippen LogP contribution < -0.4 is 4.90 Å². The fraction of sp³-hybridized carbons (Fsp3) is 0.667. The molecule has 0 saturated heterocycles. The molecule has 5 rings (SSSR count). The highest BCUT2D eigenvalue weighted by molar-refractivity contribution is 5.95. The lowest BCUT2D eigenvalue weighted by Gasteiger charge is -2.34. The van der Waals surface area contributed by atoms with E-state index in [0.717, 1.165) is 60.8 Å². The van der Waals surface area contributed by atoms with E-state index in [1.165, 1.54) is 20.0 Å². The molecule has 2 aliphatic carbocycles. The molecular formula is C27H37N3O5. The van der Waals surface area contributed by atoms with Gasteiger partial charge in [0.15, 0.2) is 0 Å². The van der Waals surface area contributed by atoms with Crippen molar-refractivity contribution in [3.8, 4) is 0 Å². The Hall–Kier alpha value is -2.61. The highest BCUT2D eigenvalue weighted by atomic mass is 16.5. The Morgan fingerprint density at radius 3 is 2.63 bits per heavy atom.